The van der Waals surface area contributed by atoms with Crippen molar-refractivity contribution >= 4 is 0 Å². The van der Waals surface area contributed by atoms with Crippen LogP contribution in [0.25, 0.3) is 0 Å². The highest BCUT2D eigenvalue weighted by Crippen LogP contribution is 2.66. The Labute approximate surface area is 139 Å². The van der Waals surface area contributed by atoms with Crippen LogP contribution in [-0.2, 0) is 4.74 Å². The molecular weight excluding hydrogens is 288 g/mol. The molecule has 0 unspecified atom stereocenters. The van der Waals surface area contributed by atoms with Crippen LogP contribution in [0.15, 0.2) is 22.9 Å². The first-order valence-corrected chi connectivity index (χ1v) is 9.30. The topological polar surface area (TPSA) is 49.7 Å². The third-order valence-electron chi connectivity index (χ3n) is 7.94. The fourth-order valence-electron chi connectivity index (χ4n) is 6.74. The van der Waals surface area contributed by atoms with E-state index in [1.54, 1.807) is 7.11 Å². The zero-order valence-corrected chi connectivity index (χ0v) is 14.7. The number of rotatable bonds is 1. The molecule has 4 rings (SSSR count). The van der Waals surface area contributed by atoms with Crippen LogP contribution in [0.1, 0.15) is 65.2 Å². The second-order valence-electron chi connectivity index (χ2n) is 8.88. The maximum Gasteiger partial charge on any atom is 0.160 e. The van der Waals surface area contributed by atoms with Gasteiger partial charge in [-0.05, 0) is 55.3 Å². The van der Waals surface area contributed by atoms with Crippen LogP contribution >= 0.6 is 0 Å². The van der Waals surface area contributed by atoms with Crippen molar-refractivity contribution in [1.82, 2.24) is 0 Å². The van der Waals surface area contributed by atoms with E-state index in [1.165, 1.54) is 32.1 Å². The minimum atomic E-state index is -0.0942. The minimum Gasteiger partial charge on any atom is -0.512 e. The Morgan fingerprint density at radius 1 is 1.04 bits per heavy atom. The normalized spacial score (nSPS) is 46.3. The zero-order chi connectivity index (χ0) is 16.4. The third-order valence-corrected chi connectivity index (χ3v) is 7.94. The summed E-state index contributed by atoms with van der Waals surface area (Å²) < 4.78 is 5.35. The molecule has 3 heteroatoms. The van der Waals surface area contributed by atoms with E-state index in [9.17, 15) is 10.2 Å². The summed E-state index contributed by atoms with van der Waals surface area (Å²) >= 11 is 0. The number of aliphatic hydroxyl groups excluding tert-OH is 2. The van der Waals surface area contributed by atoms with Gasteiger partial charge < -0.3 is 14.9 Å². The predicted molar refractivity (Wildman–Crippen MR) is 89.9 cm³/mol. The summed E-state index contributed by atoms with van der Waals surface area (Å²) in [4.78, 5) is 0. The van der Waals surface area contributed by atoms with Gasteiger partial charge in [-0.1, -0.05) is 20.3 Å². The summed E-state index contributed by atoms with van der Waals surface area (Å²) in [6, 6.07) is 0. The highest BCUT2D eigenvalue weighted by molar-refractivity contribution is 5.41. The molecule has 3 nitrogen and oxygen atoms in total. The van der Waals surface area contributed by atoms with Crippen LogP contribution < -0.4 is 0 Å². The van der Waals surface area contributed by atoms with E-state index in [-0.39, 0.29) is 11.2 Å². The Hall–Kier alpha value is -1.12. The molecule has 0 heterocycles. The number of hydrogen-bond donors (Lipinski definition) is 2. The monoisotopic (exact) mass is 318 g/mol. The smallest absolute Gasteiger partial charge is 0.160 e. The van der Waals surface area contributed by atoms with Crippen LogP contribution in [-0.4, -0.2) is 17.3 Å². The van der Waals surface area contributed by atoms with Gasteiger partial charge in [0.15, 0.2) is 5.76 Å². The third kappa shape index (κ3) is 1.94. The lowest BCUT2D eigenvalue weighted by Crippen LogP contribution is -2.49. The number of hydrogen-bond acceptors (Lipinski definition) is 3. The van der Waals surface area contributed by atoms with E-state index >= 15 is 0 Å². The molecule has 2 fully saturated rings. The first-order chi connectivity index (χ1) is 10.9. The van der Waals surface area contributed by atoms with Gasteiger partial charge in [-0.3, -0.25) is 0 Å². The van der Waals surface area contributed by atoms with E-state index < -0.39 is 0 Å². The highest BCUT2D eigenvalue weighted by atomic mass is 16.5. The van der Waals surface area contributed by atoms with Gasteiger partial charge in [0.2, 0.25) is 0 Å². The van der Waals surface area contributed by atoms with Crippen molar-refractivity contribution in [3.8, 4) is 0 Å². The lowest BCUT2D eigenvalue weighted by Gasteiger charge is -2.56. The van der Waals surface area contributed by atoms with Crippen molar-refractivity contribution in [1.29, 1.82) is 0 Å². The Balaban J connectivity index is 1.79. The standard InChI is InChI=1S/C20H30O3/c1-19-8-4-5-13(19)12-11-15(21)17-18(22)16(23-3)7-10-20(17,2)14(12)6-9-19/h12-14,21-22H,4-11H2,1-3H3/t12-,13-,14-,19-,20+/m0/s1. The molecule has 23 heavy (non-hydrogen) atoms. The second kappa shape index (κ2) is 4.94. The lowest BCUT2D eigenvalue weighted by atomic mass is 9.48. The minimum absolute atomic E-state index is 0.0942. The molecule has 0 bridgehead atoms. The molecule has 5 atom stereocenters. The SMILES string of the molecule is COC1=C(O)C2=C(O)C[C@H]3[C@@H]4CCC[C@@]4(C)CC[C@@H]3[C@@]2(C)CC1. The Morgan fingerprint density at radius 3 is 2.57 bits per heavy atom. The number of methoxy groups -OCH3 is 1. The average Bonchev–Trinajstić information content (AvgIpc) is 2.89. The van der Waals surface area contributed by atoms with Gasteiger partial charge in [-0.15, -0.1) is 0 Å². The summed E-state index contributed by atoms with van der Waals surface area (Å²) in [6.07, 6.45) is 9.07. The summed E-state index contributed by atoms with van der Waals surface area (Å²) in [5.74, 6) is 3.21. The maximum absolute atomic E-state index is 10.8. The van der Waals surface area contributed by atoms with Crippen LogP contribution in [0, 0.1) is 28.6 Å². The van der Waals surface area contributed by atoms with Gasteiger partial charge >= 0.3 is 0 Å². The first kappa shape index (κ1) is 15.4. The van der Waals surface area contributed by atoms with Gasteiger partial charge in [0.1, 0.15) is 11.5 Å². The highest BCUT2D eigenvalue weighted by Gasteiger charge is 2.58. The van der Waals surface area contributed by atoms with E-state index in [4.69, 9.17) is 4.74 Å². The van der Waals surface area contributed by atoms with Crippen molar-refractivity contribution in [2.75, 3.05) is 7.11 Å². The van der Waals surface area contributed by atoms with Gasteiger partial charge in [-0.25, -0.2) is 0 Å². The molecule has 0 amide bonds. The van der Waals surface area contributed by atoms with Crippen LogP contribution in [0.5, 0.6) is 0 Å². The molecule has 128 valence electrons. The van der Waals surface area contributed by atoms with Crippen molar-refractivity contribution in [3.05, 3.63) is 22.9 Å². The number of allylic oxidation sites excluding steroid dienone is 3. The average molecular weight is 318 g/mol. The van der Waals surface area contributed by atoms with E-state index in [0.29, 0.717) is 28.8 Å². The van der Waals surface area contributed by atoms with Crippen molar-refractivity contribution < 1.29 is 14.9 Å². The maximum atomic E-state index is 10.8. The van der Waals surface area contributed by atoms with Gasteiger partial charge in [-0.2, -0.15) is 0 Å². The molecule has 0 radical (unpaired) electrons. The number of fused-ring (bicyclic) bond motifs is 5. The van der Waals surface area contributed by atoms with Gasteiger partial charge in [0.25, 0.3) is 0 Å². The molecular formula is C20H30O3. The Morgan fingerprint density at radius 2 is 1.83 bits per heavy atom. The Bertz CT molecular complexity index is 590. The first-order valence-electron chi connectivity index (χ1n) is 9.30. The zero-order valence-electron chi connectivity index (χ0n) is 14.7. The fraction of sp³-hybridized carbons (Fsp3) is 0.800. The molecule has 0 aromatic rings. The van der Waals surface area contributed by atoms with E-state index in [1.807, 2.05) is 0 Å². The van der Waals surface area contributed by atoms with Gasteiger partial charge in [0, 0.05) is 23.8 Å². The summed E-state index contributed by atoms with van der Waals surface area (Å²) in [5, 5.41) is 21.5. The molecule has 0 aromatic carbocycles. The van der Waals surface area contributed by atoms with Crippen LogP contribution in [0.3, 0.4) is 0 Å². The summed E-state index contributed by atoms with van der Waals surface area (Å²) in [7, 11) is 1.61. The van der Waals surface area contributed by atoms with E-state index in [2.05, 4.69) is 13.8 Å². The molecule has 4 aliphatic rings. The molecule has 0 saturated heterocycles. The predicted octanol–water partition coefficient (Wildman–Crippen LogP) is 5.25. The molecule has 0 spiro atoms. The number of ether oxygens (including phenoxy) is 1. The quantitative estimate of drug-likeness (QED) is 0.694. The van der Waals surface area contributed by atoms with Crippen LogP contribution in [0.4, 0.5) is 0 Å². The summed E-state index contributed by atoms with van der Waals surface area (Å²) in [6.45, 7) is 4.75. The lowest BCUT2D eigenvalue weighted by molar-refractivity contribution is -0.0356. The molecule has 0 aliphatic heterocycles. The largest absolute Gasteiger partial charge is 0.512 e. The van der Waals surface area contributed by atoms with E-state index in [0.717, 1.165) is 30.8 Å². The van der Waals surface area contributed by atoms with Crippen molar-refractivity contribution in [2.24, 2.45) is 28.6 Å². The van der Waals surface area contributed by atoms with Crippen LogP contribution in [0.2, 0.25) is 0 Å². The summed E-state index contributed by atoms with van der Waals surface area (Å²) in [5.41, 5.74) is 1.19. The second-order valence-corrected chi connectivity index (χ2v) is 8.88. The molecule has 2 N–H and O–H groups in total. The molecule has 0 aromatic heterocycles. The molecule has 2 saturated carbocycles. The Kier molecular flexibility index (Phi) is 3.31. The molecule has 4 aliphatic carbocycles. The number of aliphatic hydroxyl groups is 2. The van der Waals surface area contributed by atoms with Crippen molar-refractivity contribution in [2.45, 2.75) is 65.2 Å². The fourth-order valence-corrected chi connectivity index (χ4v) is 6.74. The van der Waals surface area contributed by atoms with Gasteiger partial charge in [0.05, 0.1) is 7.11 Å². The van der Waals surface area contributed by atoms with Crippen molar-refractivity contribution in [3.63, 3.8) is 0 Å².